The van der Waals surface area contributed by atoms with Crippen LogP contribution in [0.3, 0.4) is 0 Å². The molecule has 0 spiro atoms. The molecule has 1 unspecified atom stereocenters. The van der Waals surface area contributed by atoms with E-state index < -0.39 is 11.8 Å². The molecule has 0 radical (unpaired) electrons. The van der Waals surface area contributed by atoms with Gasteiger partial charge in [-0.25, -0.2) is 9.18 Å². The Kier molecular flexibility index (Phi) is 3.05. The summed E-state index contributed by atoms with van der Waals surface area (Å²) in [5.41, 5.74) is 5.34. The third-order valence-corrected chi connectivity index (χ3v) is 2.43. The third kappa shape index (κ3) is 2.14. The summed E-state index contributed by atoms with van der Waals surface area (Å²) >= 11 is 0. The van der Waals surface area contributed by atoms with Crippen molar-refractivity contribution in [2.75, 3.05) is 18.9 Å². The molecule has 5 heteroatoms. The molecule has 0 aliphatic carbocycles. The average Bonchev–Trinajstić information content (AvgIpc) is 2.74. The van der Waals surface area contributed by atoms with E-state index in [1.54, 1.807) is 0 Å². The lowest BCUT2D eigenvalue weighted by atomic mass is 10.2. The number of carbonyl (C=O) groups is 1. The number of nitrogens with two attached hydrogens (primary N) is 1. The van der Waals surface area contributed by atoms with Gasteiger partial charge in [0.25, 0.3) is 0 Å². The predicted octanol–water partition coefficient (Wildman–Crippen LogP) is 1.35. The highest BCUT2D eigenvalue weighted by atomic mass is 19.1. The van der Waals surface area contributed by atoms with E-state index >= 15 is 0 Å². The summed E-state index contributed by atoms with van der Waals surface area (Å²) in [6, 6.07) is 4.06. The second-order valence-corrected chi connectivity index (χ2v) is 3.59. The number of rotatable bonds is 2. The molecule has 0 aromatic heterocycles. The van der Waals surface area contributed by atoms with Gasteiger partial charge in [-0.3, -0.25) is 0 Å². The van der Waals surface area contributed by atoms with Gasteiger partial charge in [0.2, 0.25) is 0 Å². The first-order valence-corrected chi connectivity index (χ1v) is 5.01. The summed E-state index contributed by atoms with van der Waals surface area (Å²) < 4.78 is 23.3. The fraction of sp³-hybridized carbons (Fsp3) is 0.364. The zero-order valence-corrected chi connectivity index (χ0v) is 8.61. The minimum atomic E-state index is -0.614. The molecule has 86 valence electrons. The zero-order chi connectivity index (χ0) is 11.5. The van der Waals surface area contributed by atoms with Crippen LogP contribution in [0.1, 0.15) is 16.8 Å². The predicted molar refractivity (Wildman–Crippen MR) is 55.5 cm³/mol. The number of anilines is 1. The second-order valence-electron chi connectivity index (χ2n) is 3.59. The maximum atomic E-state index is 13.1. The second kappa shape index (κ2) is 4.49. The van der Waals surface area contributed by atoms with Crippen LogP contribution < -0.4 is 5.73 Å². The van der Waals surface area contributed by atoms with Crippen molar-refractivity contribution in [3.63, 3.8) is 0 Å². The summed E-state index contributed by atoms with van der Waals surface area (Å²) in [4.78, 5) is 11.6. The Bertz CT molecular complexity index is 402. The summed E-state index contributed by atoms with van der Waals surface area (Å²) in [5, 5.41) is 0. The van der Waals surface area contributed by atoms with Crippen LogP contribution in [0.15, 0.2) is 18.2 Å². The van der Waals surface area contributed by atoms with E-state index in [0.29, 0.717) is 19.6 Å². The number of carbonyl (C=O) groups excluding carboxylic acids is 1. The molecular weight excluding hydrogens is 213 g/mol. The SMILES string of the molecule is Nc1c(F)cccc1C(=O)OC1CCOC1. The van der Waals surface area contributed by atoms with Gasteiger partial charge in [-0.2, -0.15) is 0 Å². The first-order chi connectivity index (χ1) is 7.68. The van der Waals surface area contributed by atoms with Crippen molar-refractivity contribution in [3.8, 4) is 0 Å². The standard InChI is InChI=1S/C11H12FNO3/c12-9-3-1-2-8(10(9)13)11(14)16-7-4-5-15-6-7/h1-3,7H,4-6,13H2. The lowest BCUT2D eigenvalue weighted by Gasteiger charge is -2.11. The maximum absolute atomic E-state index is 13.1. The van der Waals surface area contributed by atoms with Crippen LogP contribution in [0, 0.1) is 5.82 Å². The third-order valence-electron chi connectivity index (χ3n) is 2.43. The zero-order valence-electron chi connectivity index (χ0n) is 8.61. The van der Waals surface area contributed by atoms with E-state index in [4.69, 9.17) is 15.2 Å². The van der Waals surface area contributed by atoms with Crippen LogP contribution in [-0.2, 0) is 9.47 Å². The molecule has 1 saturated heterocycles. The molecule has 4 nitrogen and oxygen atoms in total. The molecule has 1 aromatic rings. The quantitative estimate of drug-likeness (QED) is 0.609. The molecule has 1 aliphatic rings. The van der Waals surface area contributed by atoms with Crippen molar-refractivity contribution in [2.45, 2.75) is 12.5 Å². The molecule has 1 heterocycles. The highest BCUT2D eigenvalue weighted by molar-refractivity contribution is 5.95. The van der Waals surface area contributed by atoms with Crippen molar-refractivity contribution in [1.29, 1.82) is 0 Å². The number of nitrogen functional groups attached to an aromatic ring is 1. The Morgan fingerprint density at radius 3 is 3.06 bits per heavy atom. The van der Waals surface area contributed by atoms with Gasteiger partial charge in [0, 0.05) is 6.42 Å². The Morgan fingerprint density at radius 1 is 1.56 bits per heavy atom. The molecule has 2 rings (SSSR count). The van der Waals surface area contributed by atoms with Crippen LogP contribution in [0.2, 0.25) is 0 Å². The maximum Gasteiger partial charge on any atom is 0.340 e. The fourth-order valence-electron chi connectivity index (χ4n) is 1.54. The largest absolute Gasteiger partial charge is 0.456 e. The monoisotopic (exact) mass is 225 g/mol. The van der Waals surface area contributed by atoms with Gasteiger partial charge in [0.1, 0.15) is 11.9 Å². The molecule has 16 heavy (non-hydrogen) atoms. The van der Waals surface area contributed by atoms with E-state index in [1.165, 1.54) is 18.2 Å². The highest BCUT2D eigenvalue weighted by Crippen LogP contribution is 2.18. The number of esters is 1. The summed E-state index contributed by atoms with van der Waals surface area (Å²) in [5.74, 6) is -1.22. The van der Waals surface area contributed by atoms with Crippen molar-refractivity contribution in [3.05, 3.63) is 29.6 Å². The molecule has 0 saturated carbocycles. The fourth-order valence-corrected chi connectivity index (χ4v) is 1.54. The molecule has 0 bridgehead atoms. The van der Waals surface area contributed by atoms with Crippen LogP contribution in [0.25, 0.3) is 0 Å². The van der Waals surface area contributed by atoms with Gasteiger partial charge in [0.05, 0.1) is 24.5 Å². The average molecular weight is 225 g/mol. The van der Waals surface area contributed by atoms with E-state index in [9.17, 15) is 9.18 Å². The number of hydrogen-bond acceptors (Lipinski definition) is 4. The van der Waals surface area contributed by atoms with Gasteiger partial charge in [-0.05, 0) is 12.1 Å². The lowest BCUT2D eigenvalue weighted by Crippen LogP contribution is -2.19. The van der Waals surface area contributed by atoms with Crippen molar-refractivity contribution in [2.24, 2.45) is 0 Å². The van der Waals surface area contributed by atoms with Gasteiger partial charge in [-0.1, -0.05) is 6.07 Å². The number of halogens is 1. The number of ether oxygens (including phenoxy) is 2. The number of hydrogen-bond donors (Lipinski definition) is 1. The van der Waals surface area contributed by atoms with E-state index in [0.717, 1.165) is 0 Å². The van der Waals surface area contributed by atoms with Crippen LogP contribution in [0.4, 0.5) is 10.1 Å². The molecule has 2 N–H and O–H groups in total. The van der Waals surface area contributed by atoms with E-state index in [2.05, 4.69) is 0 Å². The Hall–Kier alpha value is -1.62. The Labute approximate surface area is 92.1 Å². The van der Waals surface area contributed by atoms with Crippen LogP contribution in [-0.4, -0.2) is 25.3 Å². The van der Waals surface area contributed by atoms with Crippen molar-refractivity contribution >= 4 is 11.7 Å². The first-order valence-electron chi connectivity index (χ1n) is 5.01. The Morgan fingerprint density at radius 2 is 2.38 bits per heavy atom. The molecule has 0 amide bonds. The van der Waals surface area contributed by atoms with Gasteiger partial charge < -0.3 is 15.2 Å². The van der Waals surface area contributed by atoms with Gasteiger partial charge in [0.15, 0.2) is 0 Å². The van der Waals surface area contributed by atoms with E-state index in [-0.39, 0.29) is 17.4 Å². The van der Waals surface area contributed by atoms with Gasteiger partial charge >= 0.3 is 5.97 Å². The lowest BCUT2D eigenvalue weighted by molar-refractivity contribution is 0.0271. The minimum Gasteiger partial charge on any atom is -0.456 e. The number of benzene rings is 1. The summed E-state index contributed by atoms with van der Waals surface area (Å²) in [6.45, 7) is 0.970. The molecule has 1 aliphatic heterocycles. The van der Waals surface area contributed by atoms with Crippen molar-refractivity contribution in [1.82, 2.24) is 0 Å². The van der Waals surface area contributed by atoms with Crippen LogP contribution in [0.5, 0.6) is 0 Å². The number of para-hydroxylation sites is 1. The molecule has 1 fully saturated rings. The van der Waals surface area contributed by atoms with Crippen molar-refractivity contribution < 1.29 is 18.7 Å². The molecule has 1 aromatic carbocycles. The topological polar surface area (TPSA) is 61.6 Å². The van der Waals surface area contributed by atoms with Gasteiger partial charge in [-0.15, -0.1) is 0 Å². The Balaban J connectivity index is 2.11. The smallest absolute Gasteiger partial charge is 0.340 e. The van der Waals surface area contributed by atoms with Crippen LogP contribution >= 0.6 is 0 Å². The van der Waals surface area contributed by atoms with E-state index in [1.807, 2.05) is 0 Å². The highest BCUT2D eigenvalue weighted by Gasteiger charge is 2.22. The molecule has 1 atom stereocenters. The minimum absolute atomic E-state index is 0.0619. The normalized spacial score (nSPS) is 19.7. The molecular formula is C11H12FNO3. The summed E-state index contributed by atoms with van der Waals surface area (Å²) in [7, 11) is 0. The summed E-state index contributed by atoms with van der Waals surface area (Å²) in [6.07, 6.45) is 0.413. The first kappa shape index (κ1) is 10.9.